The zero-order chi connectivity index (χ0) is 16.6. The van der Waals surface area contributed by atoms with Crippen LogP contribution in [0.4, 0.5) is 11.9 Å². The maximum absolute atomic E-state index is 12.6. The molecule has 9 nitrogen and oxygen atoms in total. The van der Waals surface area contributed by atoms with Crippen molar-refractivity contribution >= 4 is 17.7 Å². The van der Waals surface area contributed by atoms with Gasteiger partial charge in [0.05, 0.1) is 12.2 Å². The molecule has 9 heteroatoms. The Hall–Kier alpha value is -2.52. The first kappa shape index (κ1) is 15.4. The van der Waals surface area contributed by atoms with E-state index in [1.807, 2.05) is 20.2 Å². The van der Waals surface area contributed by atoms with Gasteiger partial charge in [-0.15, -0.1) is 5.10 Å². The molecule has 0 radical (unpaired) electrons. The van der Waals surface area contributed by atoms with E-state index in [1.54, 1.807) is 4.90 Å². The highest BCUT2D eigenvalue weighted by atomic mass is 16.1. The molecule has 0 unspecified atom stereocenters. The molecule has 1 aliphatic heterocycles. The van der Waals surface area contributed by atoms with Crippen molar-refractivity contribution in [3.8, 4) is 5.69 Å². The summed E-state index contributed by atoms with van der Waals surface area (Å²) in [5, 5.41) is 7.37. The molecule has 0 amide bonds. The maximum atomic E-state index is 12.6. The van der Waals surface area contributed by atoms with Crippen LogP contribution in [0.25, 0.3) is 5.69 Å². The molecule has 0 saturated heterocycles. The lowest BCUT2D eigenvalue weighted by Crippen LogP contribution is -2.28. The summed E-state index contributed by atoms with van der Waals surface area (Å²) in [5.74, 6) is 0.0936. The van der Waals surface area contributed by atoms with E-state index < -0.39 is 0 Å². The zero-order valence-electron chi connectivity index (χ0n) is 13.2. The fraction of sp³-hybridized carbons (Fsp3) is 0.429. The minimum Gasteiger partial charge on any atom is -0.368 e. The van der Waals surface area contributed by atoms with Crippen molar-refractivity contribution < 1.29 is 4.79 Å². The molecule has 23 heavy (non-hydrogen) atoms. The number of nitrogen functional groups attached to an aromatic ring is 2. The molecule has 0 fully saturated rings. The van der Waals surface area contributed by atoms with Crippen LogP contribution in [0.1, 0.15) is 21.7 Å². The summed E-state index contributed by atoms with van der Waals surface area (Å²) < 4.78 is 1.38. The molecule has 3 rings (SSSR count). The van der Waals surface area contributed by atoms with Gasteiger partial charge in [0, 0.05) is 25.2 Å². The highest BCUT2D eigenvalue weighted by molar-refractivity contribution is 5.99. The first-order chi connectivity index (χ1) is 11.0. The molecule has 2 aromatic rings. The van der Waals surface area contributed by atoms with Gasteiger partial charge in [0.25, 0.3) is 0 Å². The highest BCUT2D eigenvalue weighted by Crippen LogP contribution is 2.22. The second-order valence-electron chi connectivity index (χ2n) is 5.79. The highest BCUT2D eigenvalue weighted by Gasteiger charge is 2.22. The minimum atomic E-state index is -0.0974. The van der Waals surface area contributed by atoms with Crippen LogP contribution in [0.15, 0.2) is 6.07 Å². The Morgan fingerprint density at radius 3 is 2.83 bits per heavy atom. The third-order valence-electron chi connectivity index (χ3n) is 3.63. The molecule has 0 spiro atoms. The quantitative estimate of drug-likeness (QED) is 0.627. The number of likely N-dealkylation sites (N-methyl/N-ethyl adjacent to an activating group) is 1. The summed E-state index contributed by atoms with van der Waals surface area (Å²) in [7, 11) is 3.67. The van der Waals surface area contributed by atoms with E-state index in [1.165, 1.54) is 4.68 Å². The summed E-state index contributed by atoms with van der Waals surface area (Å²) >= 11 is 0. The monoisotopic (exact) mass is 316 g/mol. The van der Waals surface area contributed by atoms with E-state index in [0.29, 0.717) is 17.9 Å². The van der Waals surface area contributed by atoms with Gasteiger partial charge in [-0.25, -0.2) is 4.98 Å². The number of carbonyl (C=O) groups excluding carboxylic acids is 1. The largest absolute Gasteiger partial charge is 0.368 e. The molecule has 0 aromatic carbocycles. The third-order valence-corrected chi connectivity index (χ3v) is 3.63. The molecule has 0 atom stereocenters. The SMILES string of the molecule is CN(C)CC(=O)c1nc2c(cc1-n1nc(N)nc1N)CNCC2. The number of nitrogens with zero attached hydrogens (tertiary/aromatic N) is 5. The first-order valence-corrected chi connectivity index (χ1v) is 7.35. The molecular weight excluding hydrogens is 296 g/mol. The number of aromatic nitrogens is 4. The molecule has 1 aliphatic rings. The lowest BCUT2D eigenvalue weighted by Gasteiger charge is -2.20. The lowest BCUT2D eigenvalue weighted by molar-refractivity contribution is 0.0952. The summed E-state index contributed by atoms with van der Waals surface area (Å²) in [6.07, 6.45) is 0.785. The van der Waals surface area contributed by atoms with Crippen molar-refractivity contribution in [2.45, 2.75) is 13.0 Å². The van der Waals surface area contributed by atoms with Gasteiger partial charge in [0.15, 0.2) is 5.78 Å². The normalized spacial score (nSPS) is 14.0. The minimum absolute atomic E-state index is 0.0596. The van der Waals surface area contributed by atoms with Gasteiger partial charge >= 0.3 is 0 Å². The number of ketones is 1. The zero-order valence-corrected chi connectivity index (χ0v) is 13.2. The smallest absolute Gasteiger partial charge is 0.241 e. The standard InChI is InChI=1S/C14H20N8O/c1-21(2)7-11(23)12-10(22-14(16)19-13(15)20-22)5-8-6-17-4-3-9(8)18-12/h5,17H,3-4,6-7H2,1-2H3,(H4,15,16,19,20). The molecular formula is C14H20N8O. The fourth-order valence-corrected chi connectivity index (χ4v) is 2.63. The summed E-state index contributed by atoms with van der Waals surface area (Å²) in [4.78, 5) is 22.9. The van der Waals surface area contributed by atoms with Crippen LogP contribution in [0.2, 0.25) is 0 Å². The van der Waals surface area contributed by atoms with Crippen LogP contribution in [0.3, 0.4) is 0 Å². The van der Waals surface area contributed by atoms with Gasteiger partial charge in [-0.3, -0.25) is 4.79 Å². The number of hydrogen-bond acceptors (Lipinski definition) is 8. The Kier molecular flexibility index (Phi) is 3.97. The van der Waals surface area contributed by atoms with E-state index >= 15 is 0 Å². The van der Waals surface area contributed by atoms with E-state index in [0.717, 1.165) is 24.2 Å². The van der Waals surface area contributed by atoms with Crippen LogP contribution >= 0.6 is 0 Å². The van der Waals surface area contributed by atoms with Crippen molar-refractivity contribution in [1.29, 1.82) is 0 Å². The van der Waals surface area contributed by atoms with E-state index in [4.69, 9.17) is 11.5 Å². The molecule has 122 valence electrons. The number of carbonyl (C=O) groups is 1. The Labute approximate surface area is 133 Å². The predicted molar refractivity (Wildman–Crippen MR) is 86.3 cm³/mol. The summed E-state index contributed by atoms with van der Waals surface area (Å²) in [6.45, 7) is 1.79. The van der Waals surface area contributed by atoms with Crippen molar-refractivity contribution in [2.24, 2.45) is 0 Å². The molecule has 0 aliphatic carbocycles. The Morgan fingerprint density at radius 2 is 2.17 bits per heavy atom. The van der Waals surface area contributed by atoms with Crippen LogP contribution in [0.5, 0.6) is 0 Å². The lowest BCUT2D eigenvalue weighted by atomic mass is 10.0. The maximum Gasteiger partial charge on any atom is 0.241 e. The van der Waals surface area contributed by atoms with Crippen molar-refractivity contribution in [1.82, 2.24) is 30.0 Å². The average Bonchev–Trinajstić information content (AvgIpc) is 2.83. The summed E-state index contributed by atoms with van der Waals surface area (Å²) in [6, 6.07) is 1.89. The molecule has 0 saturated carbocycles. The number of fused-ring (bicyclic) bond motifs is 1. The van der Waals surface area contributed by atoms with Crippen LogP contribution in [-0.2, 0) is 13.0 Å². The molecule has 2 aromatic heterocycles. The van der Waals surface area contributed by atoms with Gasteiger partial charge in [-0.1, -0.05) is 0 Å². The number of Topliss-reactive ketones (excluding diaryl/α,β-unsaturated/α-hetero) is 1. The van der Waals surface area contributed by atoms with E-state index in [-0.39, 0.29) is 24.2 Å². The Bertz CT molecular complexity index is 751. The second-order valence-corrected chi connectivity index (χ2v) is 5.79. The first-order valence-electron chi connectivity index (χ1n) is 7.35. The number of hydrogen-bond donors (Lipinski definition) is 3. The van der Waals surface area contributed by atoms with Crippen LogP contribution in [-0.4, -0.2) is 57.6 Å². The van der Waals surface area contributed by atoms with E-state index in [2.05, 4.69) is 20.4 Å². The summed E-state index contributed by atoms with van der Waals surface area (Å²) in [5.41, 5.74) is 14.3. The number of nitrogens with one attached hydrogen (secondary N) is 1. The molecule has 5 N–H and O–H groups in total. The third kappa shape index (κ3) is 3.01. The fourth-order valence-electron chi connectivity index (χ4n) is 2.63. The van der Waals surface area contributed by atoms with Crippen LogP contribution in [0, 0.1) is 0 Å². The van der Waals surface area contributed by atoms with Crippen molar-refractivity contribution in [2.75, 3.05) is 38.7 Å². The van der Waals surface area contributed by atoms with E-state index in [9.17, 15) is 4.79 Å². The average molecular weight is 316 g/mol. The Morgan fingerprint density at radius 1 is 1.39 bits per heavy atom. The van der Waals surface area contributed by atoms with Gasteiger partial charge in [0.1, 0.15) is 5.69 Å². The van der Waals surface area contributed by atoms with Crippen molar-refractivity contribution in [3.05, 3.63) is 23.0 Å². The second kappa shape index (κ2) is 5.94. The number of pyridine rings is 1. The van der Waals surface area contributed by atoms with Gasteiger partial charge in [0.2, 0.25) is 11.9 Å². The van der Waals surface area contributed by atoms with Gasteiger partial charge in [-0.05, 0) is 25.7 Å². The molecule has 0 bridgehead atoms. The molecule has 3 heterocycles. The van der Waals surface area contributed by atoms with Gasteiger partial charge < -0.3 is 21.7 Å². The Balaban J connectivity index is 2.15. The van der Waals surface area contributed by atoms with Crippen LogP contribution < -0.4 is 16.8 Å². The number of nitrogens with two attached hydrogens (primary N) is 2. The van der Waals surface area contributed by atoms with Gasteiger partial charge in [-0.2, -0.15) is 9.67 Å². The number of anilines is 2. The topological polar surface area (TPSA) is 128 Å². The number of rotatable bonds is 4. The van der Waals surface area contributed by atoms with Crippen molar-refractivity contribution in [3.63, 3.8) is 0 Å². The predicted octanol–water partition coefficient (Wildman–Crippen LogP) is -0.783.